The number of benzene rings is 1. The molecule has 2 atom stereocenters. The molecule has 1 unspecified atom stereocenters. The van der Waals surface area contributed by atoms with E-state index in [0.29, 0.717) is 10.6 Å². The fourth-order valence-electron chi connectivity index (χ4n) is 4.48. The standard InChI is InChI=1S/C27H31ClN2OS/c1-16-22(17-10-11-30-25(14-17)27(2,3)4)15-24(32-16)21-9-8-19(13-23(21)28)26(31)18-6-5-7-20(29)12-18/h8-11,13-15,18,20H,5-7,12,29H2,1-4H3/t18?,20-/m0/s1. The SMILES string of the molecule is Cc1sc(-c2ccc(C(=O)C3CCC[C@H](N)C3)cc2Cl)cc1-c1ccnc(C(C)(C)C)c1. The summed E-state index contributed by atoms with van der Waals surface area (Å²) in [4.78, 5) is 19.9. The highest BCUT2D eigenvalue weighted by Gasteiger charge is 2.26. The first-order valence-electron chi connectivity index (χ1n) is 11.3. The minimum absolute atomic E-state index is 0.00328. The normalized spacial score (nSPS) is 19.2. The lowest BCUT2D eigenvalue weighted by atomic mass is 9.81. The molecule has 3 aromatic rings. The quantitative estimate of drug-likeness (QED) is 0.406. The summed E-state index contributed by atoms with van der Waals surface area (Å²) in [6.45, 7) is 8.66. The lowest BCUT2D eigenvalue weighted by molar-refractivity contribution is 0.0881. The molecule has 1 aromatic carbocycles. The third-order valence-corrected chi connectivity index (χ3v) is 7.76. The molecule has 1 aliphatic carbocycles. The maximum Gasteiger partial charge on any atom is 0.166 e. The van der Waals surface area contributed by atoms with Crippen LogP contribution in [-0.4, -0.2) is 16.8 Å². The van der Waals surface area contributed by atoms with Crippen molar-refractivity contribution in [2.45, 2.75) is 64.8 Å². The van der Waals surface area contributed by atoms with E-state index in [1.165, 1.54) is 16.0 Å². The summed E-state index contributed by atoms with van der Waals surface area (Å²) in [5.74, 6) is 0.183. The van der Waals surface area contributed by atoms with Crippen LogP contribution in [0.25, 0.3) is 21.6 Å². The molecule has 0 radical (unpaired) electrons. The maximum atomic E-state index is 13.0. The molecule has 0 aliphatic heterocycles. The number of rotatable bonds is 4. The van der Waals surface area contributed by atoms with E-state index in [4.69, 9.17) is 17.3 Å². The third-order valence-electron chi connectivity index (χ3n) is 6.36. The third kappa shape index (κ3) is 4.83. The van der Waals surface area contributed by atoms with Crippen LogP contribution in [0.4, 0.5) is 0 Å². The van der Waals surface area contributed by atoms with Crippen LogP contribution >= 0.6 is 22.9 Å². The van der Waals surface area contributed by atoms with Crippen LogP contribution in [0.15, 0.2) is 42.6 Å². The Hall–Kier alpha value is -2.01. The fourth-order valence-corrected chi connectivity index (χ4v) is 5.90. The highest BCUT2D eigenvalue weighted by atomic mass is 35.5. The van der Waals surface area contributed by atoms with E-state index >= 15 is 0 Å². The van der Waals surface area contributed by atoms with E-state index in [9.17, 15) is 4.79 Å². The van der Waals surface area contributed by atoms with Crippen molar-refractivity contribution in [2.24, 2.45) is 11.7 Å². The Labute approximate surface area is 200 Å². The summed E-state index contributed by atoms with van der Waals surface area (Å²) in [6, 6.07) is 12.3. The molecule has 0 amide bonds. The monoisotopic (exact) mass is 466 g/mol. The Morgan fingerprint density at radius 2 is 1.91 bits per heavy atom. The number of ketones is 1. The number of aromatic nitrogens is 1. The molecule has 0 saturated heterocycles. The molecule has 2 aromatic heterocycles. The Bertz CT molecular complexity index is 1140. The van der Waals surface area contributed by atoms with E-state index in [0.717, 1.165) is 41.8 Å². The summed E-state index contributed by atoms with van der Waals surface area (Å²) < 4.78 is 0. The molecule has 1 fully saturated rings. The van der Waals surface area contributed by atoms with Crippen LogP contribution in [0.2, 0.25) is 5.02 Å². The van der Waals surface area contributed by atoms with Crippen molar-refractivity contribution in [2.75, 3.05) is 0 Å². The van der Waals surface area contributed by atoms with Crippen LogP contribution in [0.3, 0.4) is 0 Å². The molecule has 5 heteroatoms. The number of hydrogen-bond acceptors (Lipinski definition) is 4. The highest BCUT2D eigenvalue weighted by Crippen LogP contribution is 2.40. The van der Waals surface area contributed by atoms with Crippen LogP contribution < -0.4 is 5.73 Å². The second kappa shape index (κ2) is 9.09. The lowest BCUT2D eigenvalue weighted by Gasteiger charge is -2.25. The van der Waals surface area contributed by atoms with Gasteiger partial charge in [-0.05, 0) is 61.6 Å². The summed E-state index contributed by atoms with van der Waals surface area (Å²) in [6.07, 6.45) is 5.61. The lowest BCUT2D eigenvalue weighted by Crippen LogP contribution is -2.31. The van der Waals surface area contributed by atoms with Gasteiger partial charge in [0.2, 0.25) is 0 Å². The van der Waals surface area contributed by atoms with Crippen molar-refractivity contribution in [1.82, 2.24) is 4.98 Å². The van der Waals surface area contributed by atoms with Gasteiger partial charge in [-0.2, -0.15) is 0 Å². The van der Waals surface area contributed by atoms with E-state index in [-0.39, 0.29) is 23.2 Å². The molecule has 32 heavy (non-hydrogen) atoms. The smallest absolute Gasteiger partial charge is 0.166 e. The molecule has 2 heterocycles. The first kappa shape index (κ1) is 23.2. The molecule has 3 nitrogen and oxygen atoms in total. The number of carbonyl (C=O) groups excluding carboxylic acids is 1. The van der Waals surface area contributed by atoms with Gasteiger partial charge < -0.3 is 5.73 Å². The second-order valence-electron chi connectivity index (χ2n) is 9.94. The second-order valence-corrected chi connectivity index (χ2v) is 11.6. The number of Topliss-reactive ketones (excluding diaryl/α,β-unsaturated/α-hetero) is 1. The fraction of sp³-hybridized carbons (Fsp3) is 0.407. The highest BCUT2D eigenvalue weighted by molar-refractivity contribution is 7.16. The van der Waals surface area contributed by atoms with Crippen molar-refractivity contribution in [3.8, 4) is 21.6 Å². The van der Waals surface area contributed by atoms with Gasteiger partial charge in [0.25, 0.3) is 0 Å². The minimum atomic E-state index is -0.00328. The van der Waals surface area contributed by atoms with Gasteiger partial charge in [0, 0.05) is 55.2 Å². The van der Waals surface area contributed by atoms with Crippen molar-refractivity contribution >= 4 is 28.7 Å². The Morgan fingerprint density at radius 3 is 2.59 bits per heavy atom. The Morgan fingerprint density at radius 1 is 1.12 bits per heavy atom. The van der Waals surface area contributed by atoms with Crippen LogP contribution in [0.1, 0.15) is 67.4 Å². The number of hydrogen-bond donors (Lipinski definition) is 1. The van der Waals surface area contributed by atoms with Crippen LogP contribution in [-0.2, 0) is 5.41 Å². The van der Waals surface area contributed by atoms with E-state index in [2.05, 4.69) is 50.9 Å². The number of halogens is 1. The zero-order chi connectivity index (χ0) is 23.0. The van der Waals surface area contributed by atoms with E-state index in [1.54, 1.807) is 11.3 Å². The first-order valence-corrected chi connectivity index (χ1v) is 12.5. The van der Waals surface area contributed by atoms with Crippen LogP contribution in [0, 0.1) is 12.8 Å². The van der Waals surface area contributed by atoms with E-state index < -0.39 is 0 Å². The van der Waals surface area contributed by atoms with Crippen molar-refractivity contribution < 1.29 is 4.79 Å². The number of pyridine rings is 1. The van der Waals surface area contributed by atoms with E-state index in [1.807, 2.05) is 24.4 Å². The number of nitrogens with two attached hydrogens (primary N) is 1. The van der Waals surface area contributed by atoms with Gasteiger partial charge in [0.05, 0.1) is 0 Å². The summed E-state index contributed by atoms with van der Waals surface area (Å²) in [5.41, 5.74) is 11.2. The predicted molar refractivity (Wildman–Crippen MR) is 136 cm³/mol. The molecule has 168 valence electrons. The number of thiophene rings is 1. The topological polar surface area (TPSA) is 56.0 Å². The first-order chi connectivity index (χ1) is 15.1. The van der Waals surface area contributed by atoms with Crippen molar-refractivity contribution in [3.63, 3.8) is 0 Å². The number of aryl methyl sites for hydroxylation is 1. The minimum Gasteiger partial charge on any atom is -0.328 e. The van der Waals surface area contributed by atoms with Crippen molar-refractivity contribution in [1.29, 1.82) is 0 Å². The molecule has 0 bridgehead atoms. The summed E-state index contributed by atoms with van der Waals surface area (Å²) >= 11 is 8.41. The molecule has 1 aliphatic rings. The molecular weight excluding hydrogens is 436 g/mol. The molecule has 0 spiro atoms. The van der Waals surface area contributed by atoms with Gasteiger partial charge in [-0.25, -0.2) is 0 Å². The van der Waals surface area contributed by atoms with Gasteiger partial charge in [-0.15, -0.1) is 11.3 Å². The zero-order valence-corrected chi connectivity index (χ0v) is 20.8. The van der Waals surface area contributed by atoms with Gasteiger partial charge in [-0.1, -0.05) is 50.9 Å². The van der Waals surface area contributed by atoms with Gasteiger partial charge in [-0.3, -0.25) is 9.78 Å². The zero-order valence-electron chi connectivity index (χ0n) is 19.2. The summed E-state index contributed by atoms with van der Waals surface area (Å²) in [5, 5.41) is 0.619. The molecule has 2 N–H and O–H groups in total. The molecule has 4 rings (SSSR count). The average molecular weight is 467 g/mol. The number of nitrogens with zero attached hydrogens (tertiary/aromatic N) is 1. The molecule has 1 saturated carbocycles. The predicted octanol–water partition coefficient (Wildman–Crippen LogP) is 7.44. The summed E-state index contributed by atoms with van der Waals surface area (Å²) in [7, 11) is 0. The van der Waals surface area contributed by atoms with Crippen molar-refractivity contribution in [3.05, 3.63) is 63.8 Å². The Kier molecular flexibility index (Phi) is 6.58. The average Bonchev–Trinajstić information content (AvgIpc) is 3.14. The number of carbonyl (C=O) groups is 1. The largest absolute Gasteiger partial charge is 0.328 e. The van der Waals surface area contributed by atoms with Gasteiger partial charge >= 0.3 is 0 Å². The molecular formula is C27H31ClN2OS. The Balaban J connectivity index is 1.62. The van der Waals surface area contributed by atoms with Gasteiger partial charge in [0.15, 0.2) is 5.78 Å². The van der Waals surface area contributed by atoms with Gasteiger partial charge in [0.1, 0.15) is 0 Å². The van der Waals surface area contributed by atoms with Crippen LogP contribution in [0.5, 0.6) is 0 Å². The maximum absolute atomic E-state index is 13.0.